The smallest absolute Gasteiger partial charge is 0.228 e. The van der Waals surface area contributed by atoms with Gasteiger partial charge in [0.1, 0.15) is 0 Å². The first-order valence-electron chi connectivity index (χ1n) is 7.15. The minimum absolute atomic E-state index is 0.0450. The highest BCUT2D eigenvalue weighted by molar-refractivity contribution is 5.95. The lowest BCUT2D eigenvalue weighted by atomic mass is 10.1. The molecule has 1 amide bonds. The predicted molar refractivity (Wildman–Crippen MR) is 87.4 cm³/mol. The standard InChI is InChI=1S/C18H17N3O/c1-21-18(15-10-6-3-7-11-15)16(13-19-21)20-17(22)12-14-8-4-2-5-9-14/h2-11,13H,12H2,1H3,(H,20,22). The van der Waals surface area contributed by atoms with Gasteiger partial charge in [0.2, 0.25) is 5.91 Å². The molecule has 0 aliphatic rings. The van der Waals surface area contributed by atoms with E-state index in [0.717, 1.165) is 22.5 Å². The lowest BCUT2D eigenvalue weighted by Gasteiger charge is -2.08. The van der Waals surface area contributed by atoms with E-state index < -0.39 is 0 Å². The summed E-state index contributed by atoms with van der Waals surface area (Å²) < 4.78 is 1.77. The Morgan fingerprint density at radius 2 is 1.68 bits per heavy atom. The number of benzene rings is 2. The molecule has 0 bridgehead atoms. The van der Waals surface area contributed by atoms with Crippen LogP contribution in [0.25, 0.3) is 11.3 Å². The van der Waals surface area contributed by atoms with Crippen LogP contribution in [0.15, 0.2) is 66.9 Å². The summed E-state index contributed by atoms with van der Waals surface area (Å²) >= 11 is 0. The van der Waals surface area contributed by atoms with Gasteiger partial charge in [0.05, 0.1) is 24.0 Å². The molecular weight excluding hydrogens is 274 g/mol. The van der Waals surface area contributed by atoms with E-state index in [1.807, 2.05) is 67.7 Å². The lowest BCUT2D eigenvalue weighted by molar-refractivity contribution is -0.115. The van der Waals surface area contributed by atoms with Gasteiger partial charge in [-0.15, -0.1) is 0 Å². The largest absolute Gasteiger partial charge is 0.323 e. The van der Waals surface area contributed by atoms with Gasteiger partial charge in [-0.3, -0.25) is 9.48 Å². The van der Waals surface area contributed by atoms with Crippen molar-refractivity contribution in [2.24, 2.45) is 7.05 Å². The molecule has 22 heavy (non-hydrogen) atoms. The minimum atomic E-state index is -0.0450. The second-order valence-corrected chi connectivity index (χ2v) is 5.11. The molecule has 3 aromatic rings. The summed E-state index contributed by atoms with van der Waals surface area (Å²) in [6, 6.07) is 19.6. The van der Waals surface area contributed by atoms with Gasteiger partial charge in [0, 0.05) is 12.6 Å². The van der Waals surface area contributed by atoms with E-state index in [9.17, 15) is 4.79 Å². The Bertz CT molecular complexity index is 764. The van der Waals surface area contributed by atoms with Crippen LogP contribution < -0.4 is 5.32 Å². The molecule has 1 heterocycles. The highest BCUT2D eigenvalue weighted by Gasteiger charge is 2.13. The second kappa shape index (κ2) is 6.26. The van der Waals surface area contributed by atoms with E-state index in [2.05, 4.69) is 10.4 Å². The molecule has 0 radical (unpaired) electrons. The quantitative estimate of drug-likeness (QED) is 0.802. The van der Waals surface area contributed by atoms with Crippen LogP contribution in [0.5, 0.6) is 0 Å². The van der Waals surface area contributed by atoms with Gasteiger partial charge in [-0.05, 0) is 5.56 Å². The molecule has 2 aromatic carbocycles. The zero-order valence-corrected chi connectivity index (χ0v) is 12.4. The molecule has 4 heteroatoms. The summed E-state index contributed by atoms with van der Waals surface area (Å²) in [5.74, 6) is -0.0450. The van der Waals surface area contributed by atoms with Gasteiger partial charge < -0.3 is 5.32 Å². The average molecular weight is 291 g/mol. The van der Waals surface area contributed by atoms with E-state index in [0.29, 0.717) is 6.42 Å². The van der Waals surface area contributed by atoms with Gasteiger partial charge in [-0.25, -0.2) is 0 Å². The zero-order valence-electron chi connectivity index (χ0n) is 12.4. The van der Waals surface area contributed by atoms with Gasteiger partial charge in [0.25, 0.3) is 0 Å². The number of carbonyl (C=O) groups excluding carboxylic acids is 1. The molecule has 0 unspecified atom stereocenters. The Morgan fingerprint density at radius 3 is 2.36 bits per heavy atom. The number of rotatable bonds is 4. The minimum Gasteiger partial charge on any atom is -0.323 e. The third kappa shape index (κ3) is 3.06. The molecule has 3 rings (SSSR count). The first-order valence-corrected chi connectivity index (χ1v) is 7.15. The van der Waals surface area contributed by atoms with Crippen LogP contribution in [0.2, 0.25) is 0 Å². The molecule has 0 aliphatic carbocycles. The van der Waals surface area contributed by atoms with Crippen molar-refractivity contribution in [3.63, 3.8) is 0 Å². The summed E-state index contributed by atoms with van der Waals surface area (Å²) in [6.07, 6.45) is 2.04. The number of amides is 1. The Hall–Kier alpha value is -2.88. The van der Waals surface area contributed by atoms with Crippen molar-refractivity contribution in [2.75, 3.05) is 5.32 Å². The van der Waals surface area contributed by atoms with Crippen LogP contribution in [0.4, 0.5) is 5.69 Å². The summed E-state index contributed by atoms with van der Waals surface area (Å²) in [4.78, 5) is 12.2. The maximum Gasteiger partial charge on any atom is 0.228 e. The highest BCUT2D eigenvalue weighted by Crippen LogP contribution is 2.27. The number of nitrogens with zero attached hydrogens (tertiary/aromatic N) is 2. The van der Waals surface area contributed by atoms with Crippen molar-refractivity contribution in [3.05, 3.63) is 72.4 Å². The average Bonchev–Trinajstić information content (AvgIpc) is 2.89. The van der Waals surface area contributed by atoms with Gasteiger partial charge in [-0.1, -0.05) is 60.7 Å². The third-order valence-corrected chi connectivity index (χ3v) is 3.47. The Balaban J connectivity index is 1.80. The molecule has 0 saturated heterocycles. The number of aryl methyl sites for hydroxylation is 1. The van der Waals surface area contributed by atoms with Crippen LogP contribution in [0.1, 0.15) is 5.56 Å². The molecule has 110 valence electrons. The summed E-state index contributed by atoms with van der Waals surface area (Å²) in [5, 5.41) is 7.21. The molecule has 0 spiro atoms. The number of carbonyl (C=O) groups is 1. The molecule has 1 aromatic heterocycles. The fourth-order valence-electron chi connectivity index (χ4n) is 2.44. The van der Waals surface area contributed by atoms with Crippen molar-refractivity contribution in [3.8, 4) is 11.3 Å². The molecule has 0 aliphatic heterocycles. The van der Waals surface area contributed by atoms with E-state index in [1.165, 1.54) is 0 Å². The van der Waals surface area contributed by atoms with Crippen molar-refractivity contribution in [1.82, 2.24) is 9.78 Å². The SMILES string of the molecule is Cn1ncc(NC(=O)Cc2ccccc2)c1-c1ccccc1. The number of hydrogen-bond acceptors (Lipinski definition) is 2. The summed E-state index contributed by atoms with van der Waals surface area (Å²) in [5.41, 5.74) is 3.65. The zero-order chi connectivity index (χ0) is 15.4. The number of aromatic nitrogens is 2. The van der Waals surface area contributed by atoms with Crippen molar-refractivity contribution in [1.29, 1.82) is 0 Å². The first-order chi connectivity index (χ1) is 10.7. The van der Waals surface area contributed by atoms with Gasteiger partial charge >= 0.3 is 0 Å². The van der Waals surface area contributed by atoms with Crippen molar-refractivity contribution < 1.29 is 4.79 Å². The molecule has 4 nitrogen and oxygen atoms in total. The van der Waals surface area contributed by atoms with Crippen LogP contribution in [0.3, 0.4) is 0 Å². The van der Waals surface area contributed by atoms with Crippen LogP contribution >= 0.6 is 0 Å². The van der Waals surface area contributed by atoms with E-state index in [1.54, 1.807) is 10.9 Å². The molecular formula is C18H17N3O. The maximum atomic E-state index is 12.2. The fraction of sp³-hybridized carbons (Fsp3) is 0.111. The van der Waals surface area contributed by atoms with Crippen LogP contribution in [-0.2, 0) is 18.3 Å². The second-order valence-electron chi connectivity index (χ2n) is 5.11. The van der Waals surface area contributed by atoms with E-state index in [-0.39, 0.29) is 5.91 Å². The van der Waals surface area contributed by atoms with E-state index >= 15 is 0 Å². The van der Waals surface area contributed by atoms with Gasteiger partial charge in [-0.2, -0.15) is 5.10 Å². The molecule has 0 atom stereocenters. The van der Waals surface area contributed by atoms with Gasteiger partial charge in [0.15, 0.2) is 0 Å². The summed E-state index contributed by atoms with van der Waals surface area (Å²) in [6.45, 7) is 0. The van der Waals surface area contributed by atoms with E-state index in [4.69, 9.17) is 0 Å². The Kier molecular flexibility index (Phi) is 4.01. The Labute approximate surface area is 129 Å². The third-order valence-electron chi connectivity index (χ3n) is 3.47. The highest BCUT2D eigenvalue weighted by atomic mass is 16.1. The lowest BCUT2D eigenvalue weighted by Crippen LogP contribution is -2.14. The molecule has 1 N–H and O–H groups in total. The van der Waals surface area contributed by atoms with Crippen LogP contribution in [0, 0.1) is 0 Å². The maximum absolute atomic E-state index is 12.2. The molecule has 0 saturated carbocycles. The number of anilines is 1. The van der Waals surface area contributed by atoms with Crippen molar-refractivity contribution >= 4 is 11.6 Å². The monoisotopic (exact) mass is 291 g/mol. The topological polar surface area (TPSA) is 46.9 Å². The predicted octanol–water partition coefficient (Wildman–Crippen LogP) is 3.27. The number of hydrogen-bond donors (Lipinski definition) is 1. The first kappa shape index (κ1) is 14.1. The molecule has 0 fully saturated rings. The summed E-state index contributed by atoms with van der Waals surface area (Å²) in [7, 11) is 1.87. The normalized spacial score (nSPS) is 10.4. The number of nitrogens with one attached hydrogen (secondary N) is 1. The Morgan fingerprint density at radius 1 is 1.05 bits per heavy atom. The van der Waals surface area contributed by atoms with Crippen molar-refractivity contribution in [2.45, 2.75) is 6.42 Å². The van der Waals surface area contributed by atoms with Crippen LogP contribution in [-0.4, -0.2) is 15.7 Å². The fourth-order valence-corrected chi connectivity index (χ4v) is 2.44.